The first kappa shape index (κ1) is 14.1. The van der Waals surface area contributed by atoms with Gasteiger partial charge in [0.15, 0.2) is 0 Å². The molecule has 0 spiro atoms. The molecule has 104 valence electrons. The average Bonchev–Trinajstić information content (AvgIpc) is 2.39. The first-order chi connectivity index (χ1) is 9.50. The summed E-state index contributed by atoms with van der Waals surface area (Å²) in [7, 11) is 0. The van der Waals surface area contributed by atoms with Crippen LogP contribution < -0.4 is 11.1 Å². The van der Waals surface area contributed by atoms with Crippen molar-refractivity contribution in [3.63, 3.8) is 0 Å². The molecule has 2 aromatic carbocycles. The molecule has 0 unspecified atom stereocenters. The van der Waals surface area contributed by atoms with Crippen LogP contribution in [-0.2, 0) is 6.54 Å². The summed E-state index contributed by atoms with van der Waals surface area (Å²) in [6, 6.07) is 11.8. The second-order valence-electron chi connectivity index (χ2n) is 5.07. The normalized spacial score (nSPS) is 10.3. The van der Waals surface area contributed by atoms with Crippen LogP contribution in [0.25, 0.3) is 0 Å². The standard InChI is InChI=1S/C17H20N2O/c1-11-6-4-7-12(2)15(11)10-19-16-9-5-8-14(13(16)3)17(18)20/h4-9,19H,10H2,1-3H3,(H2,18,20). The van der Waals surface area contributed by atoms with Crippen molar-refractivity contribution in [1.29, 1.82) is 0 Å². The maximum atomic E-state index is 11.4. The van der Waals surface area contributed by atoms with Crippen LogP contribution in [0.1, 0.15) is 32.6 Å². The number of rotatable bonds is 4. The third kappa shape index (κ3) is 2.82. The molecule has 0 bridgehead atoms. The molecule has 0 heterocycles. The Labute approximate surface area is 119 Å². The highest BCUT2D eigenvalue weighted by Crippen LogP contribution is 2.21. The zero-order chi connectivity index (χ0) is 14.7. The Balaban J connectivity index is 2.24. The molecule has 2 rings (SSSR count). The third-order valence-electron chi connectivity index (χ3n) is 3.70. The quantitative estimate of drug-likeness (QED) is 0.893. The van der Waals surface area contributed by atoms with Gasteiger partial charge in [0.05, 0.1) is 0 Å². The molecular formula is C17H20N2O. The van der Waals surface area contributed by atoms with Crippen molar-refractivity contribution in [3.8, 4) is 0 Å². The van der Waals surface area contributed by atoms with E-state index in [1.54, 1.807) is 6.07 Å². The van der Waals surface area contributed by atoms with Crippen molar-refractivity contribution in [2.24, 2.45) is 5.73 Å². The van der Waals surface area contributed by atoms with Crippen molar-refractivity contribution < 1.29 is 4.79 Å². The van der Waals surface area contributed by atoms with Crippen LogP contribution in [0.4, 0.5) is 5.69 Å². The van der Waals surface area contributed by atoms with Gasteiger partial charge >= 0.3 is 0 Å². The zero-order valence-electron chi connectivity index (χ0n) is 12.2. The molecule has 0 radical (unpaired) electrons. The molecule has 3 nitrogen and oxygen atoms in total. The number of amides is 1. The largest absolute Gasteiger partial charge is 0.381 e. The van der Waals surface area contributed by atoms with Crippen LogP contribution in [0.3, 0.4) is 0 Å². The fourth-order valence-corrected chi connectivity index (χ4v) is 2.41. The molecule has 0 aliphatic heterocycles. The maximum Gasteiger partial charge on any atom is 0.249 e. The van der Waals surface area contributed by atoms with Crippen LogP contribution in [0.5, 0.6) is 0 Å². The van der Waals surface area contributed by atoms with E-state index < -0.39 is 5.91 Å². The number of hydrogen-bond acceptors (Lipinski definition) is 2. The van der Waals surface area contributed by atoms with E-state index in [0.29, 0.717) is 5.56 Å². The van der Waals surface area contributed by atoms with E-state index in [2.05, 4.69) is 37.4 Å². The van der Waals surface area contributed by atoms with Gasteiger partial charge in [-0.2, -0.15) is 0 Å². The van der Waals surface area contributed by atoms with E-state index in [1.165, 1.54) is 16.7 Å². The molecule has 20 heavy (non-hydrogen) atoms. The highest BCUT2D eigenvalue weighted by atomic mass is 16.1. The van der Waals surface area contributed by atoms with Gasteiger partial charge < -0.3 is 11.1 Å². The summed E-state index contributed by atoms with van der Waals surface area (Å²) in [6.07, 6.45) is 0. The average molecular weight is 268 g/mol. The SMILES string of the molecule is Cc1cccc(C)c1CNc1cccc(C(N)=O)c1C. The molecule has 0 saturated carbocycles. The molecule has 0 aliphatic carbocycles. The first-order valence-corrected chi connectivity index (χ1v) is 6.69. The van der Waals surface area contributed by atoms with Gasteiger partial charge in [0.1, 0.15) is 0 Å². The van der Waals surface area contributed by atoms with Gasteiger partial charge in [0, 0.05) is 17.8 Å². The minimum atomic E-state index is -0.391. The van der Waals surface area contributed by atoms with E-state index in [4.69, 9.17) is 5.73 Å². The topological polar surface area (TPSA) is 55.1 Å². The van der Waals surface area contributed by atoms with Gasteiger partial charge in [-0.1, -0.05) is 24.3 Å². The highest BCUT2D eigenvalue weighted by molar-refractivity contribution is 5.95. The van der Waals surface area contributed by atoms with Crippen molar-refractivity contribution in [3.05, 3.63) is 64.2 Å². The Morgan fingerprint density at radius 2 is 1.65 bits per heavy atom. The van der Waals surface area contributed by atoms with Crippen LogP contribution >= 0.6 is 0 Å². The Hall–Kier alpha value is -2.29. The van der Waals surface area contributed by atoms with E-state index in [0.717, 1.165) is 17.8 Å². The Morgan fingerprint density at radius 1 is 1.05 bits per heavy atom. The zero-order valence-corrected chi connectivity index (χ0v) is 12.2. The van der Waals surface area contributed by atoms with Gasteiger partial charge in [-0.3, -0.25) is 4.79 Å². The smallest absolute Gasteiger partial charge is 0.249 e. The van der Waals surface area contributed by atoms with Crippen molar-refractivity contribution in [1.82, 2.24) is 0 Å². The van der Waals surface area contributed by atoms with Crippen LogP contribution in [0, 0.1) is 20.8 Å². The lowest BCUT2D eigenvalue weighted by molar-refractivity contribution is 0.1000. The van der Waals surface area contributed by atoms with E-state index in [9.17, 15) is 4.79 Å². The number of nitrogens with two attached hydrogens (primary N) is 1. The molecule has 0 saturated heterocycles. The summed E-state index contributed by atoms with van der Waals surface area (Å²) in [5, 5.41) is 3.40. The monoisotopic (exact) mass is 268 g/mol. The Morgan fingerprint density at radius 3 is 2.25 bits per heavy atom. The number of benzene rings is 2. The van der Waals surface area contributed by atoms with Gasteiger partial charge in [0.2, 0.25) is 5.91 Å². The molecule has 3 N–H and O–H groups in total. The van der Waals surface area contributed by atoms with Gasteiger partial charge in [-0.05, 0) is 55.2 Å². The fraction of sp³-hybridized carbons (Fsp3) is 0.235. The minimum Gasteiger partial charge on any atom is -0.381 e. The van der Waals surface area contributed by atoms with Crippen molar-refractivity contribution in [2.75, 3.05) is 5.32 Å². The Bertz CT molecular complexity index is 627. The predicted octanol–water partition coefficient (Wildman–Crippen LogP) is 3.32. The van der Waals surface area contributed by atoms with Crippen LogP contribution in [0.15, 0.2) is 36.4 Å². The van der Waals surface area contributed by atoms with E-state index in [1.807, 2.05) is 19.1 Å². The lowest BCUT2D eigenvalue weighted by atomic mass is 10.0. The van der Waals surface area contributed by atoms with Crippen molar-refractivity contribution >= 4 is 11.6 Å². The molecule has 2 aromatic rings. The predicted molar refractivity (Wildman–Crippen MR) is 82.9 cm³/mol. The molecule has 3 heteroatoms. The molecule has 0 aliphatic rings. The summed E-state index contributed by atoms with van der Waals surface area (Å²) >= 11 is 0. The number of carbonyl (C=O) groups excluding carboxylic acids is 1. The number of primary amides is 1. The maximum absolute atomic E-state index is 11.4. The van der Waals surface area contributed by atoms with Gasteiger partial charge in [0.25, 0.3) is 0 Å². The minimum absolute atomic E-state index is 0.391. The molecule has 0 atom stereocenters. The second kappa shape index (κ2) is 5.78. The summed E-state index contributed by atoms with van der Waals surface area (Å²) in [5.74, 6) is -0.391. The number of hydrogen-bond donors (Lipinski definition) is 2. The van der Waals surface area contributed by atoms with Gasteiger partial charge in [-0.25, -0.2) is 0 Å². The highest BCUT2D eigenvalue weighted by Gasteiger charge is 2.09. The number of anilines is 1. The van der Waals surface area contributed by atoms with E-state index in [-0.39, 0.29) is 0 Å². The lowest BCUT2D eigenvalue weighted by Gasteiger charge is -2.14. The summed E-state index contributed by atoms with van der Waals surface area (Å²) in [5.41, 5.74) is 11.6. The number of carbonyl (C=O) groups is 1. The van der Waals surface area contributed by atoms with Crippen LogP contribution in [0.2, 0.25) is 0 Å². The van der Waals surface area contributed by atoms with Crippen LogP contribution in [-0.4, -0.2) is 5.91 Å². The molecule has 0 aromatic heterocycles. The summed E-state index contributed by atoms with van der Waals surface area (Å²) in [4.78, 5) is 11.4. The summed E-state index contributed by atoms with van der Waals surface area (Å²) < 4.78 is 0. The lowest BCUT2D eigenvalue weighted by Crippen LogP contribution is -2.14. The third-order valence-corrected chi connectivity index (χ3v) is 3.70. The van der Waals surface area contributed by atoms with E-state index >= 15 is 0 Å². The second-order valence-corrected chi connectivity index (χ2v) is 5.07. The number of nitrogens with one attached hydrogen (secondary N) is 1. The molecule has 1 amide bonds. The molecule has 0 fully saturated rings. The van der Waals surface area contributed by atoms with Gasteiger partial charge in [-0.15, -0.1) is 0 Å². The summed E-state index contributed by atoms with van der Waals surface area (Å²) in [6.45, 7) is 6.86. The fourth-order valence-electron chi connectivity index (χ4n) is 2.41. The van der Waals surface area contributed by atoms with Crippen molar-refractivity contribution in [2.45, 2.75) is 27.3 Å². The Kier molecular flexibility index (Phi) is 4.08. The molecular weight excluding hydrogens is 248 g/mol. The first-order valence-electron chi connectivity index (χ1n) is 6.69. The number of aryl methyl sites for hydroxylation is 2.